The molecule has 2 aromatic carbocycles. The number of rotatable bonds is 9. The fourth-order valence-electron chi connectivity index (χ4n) is 2.25. The van der Waals surface area contributed by atoms with Crippen molar-refractivity contribution < 1.29 is 28.2 Å². The summed E-state index contributed by atoms with van der Waals surface area (Å²) in [6, 6.07) is 12.7. The molecule has 2 rings (SSSR count). The summed E-state index contributed by atoms with van der Waals surface area (Å²) >= 11 is 0. The lowest BCUT2D eigenvalue weighted by atomic mass is 10.2. The minimum Gasteiger partial charge on any atom is -0.493 e. The highest BCUT2D eigenvalue weighted by molar-refractivity contribution is 5.94. The Morgan fingerprint density at radius 2 is 1.69 bits per heavy atom. The largest absolute Gasteiger partial charge is 0.493 e. The van der Waals surface area contributed by atoms with E-state index in [4.69, 9.17) is 9.47 Å². The number of likely N-dealkylation sites (N-methyl/N-ethyl adjacent to an activating group) is 1. The van der Waals surface area contributed by atoms with Crippen molar-refractivity contribution >= 4 is 23.5 Å². The molecule has 154 valence electrons. The molecule has 0 saturated carbocycles. The van der Waals surface area contributed by atoms with Crippen LogP contribution in [0.3, 0.4) is 0 Å². The molecule has 0 bridgehead atoms. The number of amides is 2. The number of carbonyl (C=O) groups is 3. The zero-order valence-corrected chi connectivity index (χ0v) is 16.3. The van der Waals surface area contributed by atoms with E-state index in [9.17, 15) is 18.8 Å². The Labute approximate surface area is 168 Å². The lowest BCUT2D eigenvalue weighted by molar-refractivity contribution is -0.152. The highest BCUT2D eigenvalue weighted by atomic mass is 19.1. The van der Waals surface area contributed by atoms with Crippen molar-refractivity contribution in [2.24, 2.45) is 0 Å². The molecule has 7 nitrogen and oxygen atoms in total. The van der Waals surface area contributed by atoms with Gasteiger partial charge in [-0.15, -0.1) is 0 Å². The molecule has 0 spiro atoms. The monoisotopic (exact) mass is 402 g/mol. The van der Waals surface area contributed by atoms with E-state index >= 15 is 0 Å². The molecule has 8 heteroatoms. The van der Waals surface area contributed by atoms with Gasteiger partial charge in [-0.05, 0) is 43.3 Å². The van der Waals surface area contributed by atoms with Gasteiger partial charge in [-0.1, -0.05) is 17.7 Å². The van der Waals surface area contributed by atoms with Crippen molar-refractivity contribution in [3.63, 3.8) is 0 Å². The minimum absolute atomic E-state index is 0.00404. The fourth-order valence-corrected chi connectivity index (χ4v) is 2.25. The third-order valence-corrected chi connectivity index (χ3v) is 3.89. The maximum atomic E-state index is 12.9. The lowest BCUT2D eigenvalue weighted by Crippen LogP contribution is -2.37. The summed E-state index contributed by atoms with van der Waals surface area (Å²) in [6.45, 7) is 1.39. The first-order valence-electron chi connectivity index (χ1n) is 8.98. The van der Waals surface area contributed by atoms with Crippen molar-refractivity contribution in [3.05, 3.63) is 59.9 Å². The van der Waals surface area contributed by atoms with E-state index in [1.54, 1.807) is 12.1 Å². The molecule has 2 aromatic rings. The number of anilines is 1. The molecule has 0 radical (unpaired) electrons. The number of nitrogens with zero attached hydrogens (tertiary/aromatic N) is 1. The van der Waals surface area contributed by atoms with Gasteiger partial charge in [0.1, 0.15) is 11.6 Å². The molecule has 0 unspecified atom stereocenters. The molecule has 29 heavy (non-hydrogen) atoms. The molecule has 0 aliphatic rings. The van der Waals surface area contributed by atoms with Crippen LogP contribution in [0.2, 0.25) is 0 Å². The van der Waals surface area contributed by atoms with Gasteiger partial charge in [-0.2, -0.15) is 0 Å². The average molecular weight is 402 g/mol. The Hall–Kier alpha value is -3.42. The Kier molecular flexibility index (Phi) is 8.14. The van der Waals surface area contributed by atoms with Crippen LogP contribution in [0.5, 0.6) is 5.75 Å². The van der Waals surface area contributed by atoms with Gasteiger partial charge in [0, 0.05) is 12.7 Å². The van der Waals surface area contributed by atoms with Crippen LogP contribution >= 0.6 is 0 Å². The number of ether oxygens (including phenoxy) is 2. The summed E-state index contributed by atoms with van der Waals surface area (Å²) in [5, 5.41) is 2.54. The van der Waals surface area contributed by atoms with Gasteiger partial charge in [0.15, 0.2) is 6.61 Å². The third-order valence-electron chi connectivity index (χ3n) is 3.89. The normalized spacial score (nSPS) is 10.2. The molecule has 1 N–H and O–H groups in total. The fraction of sp³-hybridized carbons (Fsp3) is 0.286. The van der Waals surface area contributed by atoms with Crippen LogP contribution < -0.4 is 10.1 Å². The second-order valence-corrected chi connectivity index (χ2v) is 6.38. The SMILES string of the molecule is Cc1ccc(OCCC(=O)OCC(=O)N(C)CC(=O)Nc2ccc(F)cc2)cc1. The molecule has 0 atom stereocenters. The molecular weight excluding hydrogens is 379 g/mol. The summed E-state index contributed by atoms with van der Waals surface area (Å²) in [5.41, 5.74) is 1.52. The van der Waals surface area contributed by atoms with Crippen molar-refractivity contribution in [1.29, 1.82) is 0 Å². The van der Waals surface area contributed by atoms with Crippen LogP contribution in [0, 0.1) is 12.7 Å². The Morgan fingerprint density at radius 3 is 2.34 bits per heavy atom. The van der Waals surface area contributed by atoms with Crippen molar-refractivity contribution in [3.8, 4) is 5.75 Å². The number of halogens is 1. The van der Waals surface area contributed by atoms with Crippen molar-refractivity contribution in [2.75, 3.05) is 32.1 Å². The Balaban J connectivity index is 1.65. The number of aryl methyl sites for hydroxylation is 1. The van der Waals surface area contributed by atoms with Gasteiger partial charge in [0.25, 0.3) is 5.91 Å². The third kappa shape index (κ3) is 8.00. The van der Waals surface area contributed by atoms with Crippen LogP contribution in [-0.2, 0) is 19.1 Å². The van der Waals surface area contributed by atoms with Crippen molar-refractivity contribution in [1.82, 2.24) is 4.90 Å². The second kappa shape index (κ2) is 10.8. The maximum Gasteiger partial charge on any atom is 0.309 e. The van der Waals surface area contributed by atoms with Crippen LogP contribution in [-0.4, -0.2) is 49.5 Å². The molecule has 0 aliphatic carbocycles. The van der Waals surface area contributed by atoms with Crippen LogP contribution in [0.1, 0.15) is 12.0 Å². The summed E-state index contributed by atoms with van der Waals surface area (Å²) in [4.78, 5) is 36.8. The van der Waals surface area contributed by atoms with Gasteiger partial charge in [-0.25, -0.2) is 4.39 Å². The van der Waals surface area contributed by atoms with E-state index in [0.717, 1.165) is 10.5 Å². The molecule has 0 aliphatic heterocycles. The average Bonchev–Trinajstić information content (AvgIpc) is 2.69. The zero-order chi connectivity index (χ0) is 21.2. The molecule has 2 amide bonds. The van der Waals surface area contributed by atoms with E-state index < -0.39 is 30.2 Å². The smallest absolute Gasteiger partial charge is 0.309 e. The van der Waals surface area contributed by atoms with E-state index in [2.05, 4.69) is 5.32 Å². The number of hydrogen-bond donors (Lipinski definition) is 1. The maximum absolute atomic E-state index is 12.9. The zero-order valence-electron chi connectivity index (χ0n) is 16.3. The molecular formula is C21H23FN2O5. The van der Waals surface area contributed by atoms with Gasteiger partial charge in [0.05, 0.1) is 19.6 Å². The topological polar surface area (TPSA) is 84.9 Å². The standard InChI is InChI=1S/C21H23FN2O5/c1-15-3-9-18(10-4-15)28-12-11-21(27)29-14-20(26)24(2)13-19(25)23-17-7-5-16(22)6-8-17/h3-10H,11-14H2,1-2H3,(H,23,25). The second-order valence-electron chi connectivity index (χ2n) is 6.38. The van der Waals surface area contributed by atoms with Gasteiger partial charge < -0.3 is 19.7 Å². The van der Waals surface area contributed by atoms with E-state index in [-0.39, 0.29) is 19.6 Å². The number of carbonyl (C=O) groups excluding carboxylic acids is 3. The molecule has 0 saturated heterocycles. The first-order chi connectivity index (χ1) is 13.8. The van der Waals surface area contributed by atoms with E-state index in [1.807, 2.05) is 19.1 Å². The van der Waals surface area contributed by atoms with Crippen molar-refractivity contribution in [2.45, 2.75) is 13.3 Å². The predicted octanol–water partition coefficient (Wildman–Crippen LogP) is 2.54. The first-order valence-corrected chi connectivity index (χ1v) is 8.98. The van der Waals surface area contributed by atoms with E-state index in [1.165, 1.54) is 31.3 Å². The first kappa shape index (κ1) is 21.9. The molecule has 0 heterocycles. The van der Waals surface area contributed by atoms with Gasteiger partial charge in [0.2, 0.25) is 5.91 Å². The Morgan fingerprint density at radius 1 is 1.03 bits per heavy atom. The summed E-state index contributed by atoms with van der Waals surface area (Å²) in [6.07, 6.45) is -0.00404. The summed E-state index contributed by atoms with van der Waals surface area (Å²) in [7, 11) is 1.42. The number of esters is 1. The molecule has 0 fully saturated rings. The van der Waals surface area contributed by atoms with Gasteiger partial charge >= 0.3 is 5.97 Å². The number of nitrogens with one attached hydrogen (secondary N) is 1. The number of hydrogen-bond acceptors (Lipinski definition) is 5. The highest BCUT2D eigenvalue weighted by Gasteiger charge is 2.15. The predicted molar refractivity (Wildman–Crippen MR) is 105 cm³/mol. The summed E-state index contributed by atoms with van der Waals surface area (Å²) < 4.78 is 23.2. The van der Waals surface area contributed by atoms with Crippen LogP contribution in [0.15, 0.2) is 48.5 Å². The lowest BCUT2D eigenvalue weighted by Gasteiger charge is -2.16. The molecule has 0 aromatic heterocycles. The number of benzene rings is 2. The van der Waals surface area contributed by atoms with Gasteiger partial charge in [-0.3, -0.25) is 14.4 Å². The minimum atomic E-state index is -0.574. The quantitative estimate of drug-likeness (QED) is 0.652. The van der Waals surface area contributed by atoms with E-state index in [0.29, 0.717) is 11.4 Å². The summed E-state index contributed by atoms with van der Waals surface area (Å²) in [5.74, 6) is -1.32. The highest BCUT2D eigenvalue weighted by Crippen LogP contribution is 2.11. The van der Waals surface area contributed by atoms with Crippen LogP contribution in [0.4, 0.5) is 10.1 Å². The van der Waals surface area contributed by atoms with Crippen LogP contribution in [0.25, 0.3) is 0 Å². The Bertz CT molecular complexity index is 837.